The Balaban J connectivity index is 1.40. The van der Waals surface area contributed by atoms with E-state index in [-0.39, 0.29) is 0 Å². The molecule has 4 nitrogen and oxygen atoms in total. The van der Waals surface area contributed by atoms with Crippen LogP contribution in [0.3, 0.4) is 0 Å². The van der Waals surface area contributed by atoms with E-state index >= 15 is 0 Å². The van der Waals surface area contributed by atoms with Crippen LogP contribution in [0, 0.1) is 0 Å². The summed E-state index contributed by atoms with van der Waals surface area (Å²) in [5.74, 6) is 2.11. The van der Waals surface area contributed by atoms with Crippen LogP contribution < -0.4 is 4.74 Å². The molecule has 2 aromatic carbocycles. The Bertz CT molecular complexity index is 837. The smallest absolute Gasteiger partial charge is 0.119 e. The first kappa shape index (κ1) is 18.1. The third-order valence-electron chi connectivity index (χ3n) is 5.38. The van der Waals surface area contributed by atoms with Gasteiger partial charge in [0.05, 0.1) is 17.6 Å². The van der Waals surface area contributed by atoms with E-state index < -0.39 is 0 Å². The second-order valence-electron chi connectivity index (χ2n) is 7.34. The summed E-state index contributed by atoms with van der Waals surface area (Å²) in [5.41, 5.74) is 2.30. The Labute approximate surface area is 161 Å². The molecule has 142 valence electrons. The molecule has 0 amide bonds. The van der Waals surface area contributed by atoms with E-state index in [1.165, 1.54) is 56.7 Å². The number of piperidine rings is 1. The van der Waals surface area contributed by atoms with Crippen LogP contribution >= 0.6 is 0 Å². The fraction of sp³-hybridized carbons (Fsp3) is 0.435. The summed E-state index contributed by atoms with van der Waals surface area (Å²) in [4.78, 5) is 7.52. The molecule has 0 bridgehead atoms. The van der Waals surface area contributed by atoms with Gasteiger partial charge in [0, 0.05) is 6.42 Å². The molecule has 1 saturated heterocycles. The van der Waals surface area contributed by atoms with Crippen LogP contribution in [0.2, 0.25) is 0 Å². The number of benzene rings is 2. The van der Waals surface area contributed by atoms with Crippen molar-refractivity contribution in [3.05, 3.63) is 60.4 Å². The largest absolute Gasteiger partial charge is 0.492 e. The zero-order valence-electron chi connectivity index (χ0n) is 16.0. The third kappa shape index (κ3) is 4.69. The van der Waals surface area contributed by atoms with E-state index in [2.05, 4.69) is 33.7 Å². The maximum atomic E-state index is 5.93. The van der Waals surface area contributed by atoms with Crippen LogP contribution in [-0.2, 0) is 13.0 Å². The molecule has 1 aliphatic rings. The van der Waals surface area contributed by atoms with E-state index in [0.717, 1.165) is 24.2 Å². The lowest BCUT2D eigenvalue weighted by atomic mass is 10.1. The molecule has 0 spiro atoms. The Morgan fingerprint density at radius 1 is 0.852 bits per heavy atom. The number of aryl methyl sites for hydroxylation is 1. The molecule has 1 aromatic heterocycles. The molecule has 0 atom stereocenters. The van der Waals surface area contributed by atoms with Gasteiger partial charge in [0.2, 0.25) is 0 Å². The van der Waals surface area contributed by atoms with Crippen molar-refractivity contribution in [1.82, 2.24) is 14.5 Å². The highest BCUT2D eigenvalue weighted by Crippen LogP contribution is 2.18. The van der Waals surface area contributed by atoms with Crippen LogP contribution in [-0.4, -0.2) is 40.7 Å². The average molecular weight is 364 g/mol. The molecule has 2 heterocycles. The van der Waals surface area contributed by atoms with Gasteiger partial charge in [-0.05, 0) is 63.2 Å². The number of imidazole rings is 1. The number of aromatic nitrogens is 2. The summed E-state index contributed by atoms with van der Waals surface area (Å²) < 4.78 is 8.27. The van der Waals surface area contributed by atoms with Gasteiger partial charge in [-0.1, -0.05) is 36.8 Å². The number of nitrogens with zero attached hydrogens (tertiary/aromatic N) is 3. The van der Waals surface area contributed by atoms with E-state index in [0.29, 0.717) is 6.61 Å². The summed E-state index contributed by atoms with van der Waals surface area (Å²) >= 11 is 0. The van der Waals surface area contributed by atoms with Gasteiger partial charge in [-0.3, -0.25) is 0 Å². The Kier molecular flexibility index (Phi) is 6.05. The monoisotopic (exact) mass is 363 g/mol. The minimum Gasteiger partial charge on any atom is -0.492 e. The molecule has 0 radical (unpaired) electrons. The van der Waals surface area contributed by atoms with Crippen LogP contribution in [0.5, 0.6) is 5.75 Å². The Morgan fingerprint density at radius 3 is 2.48 bits per heavy atom. The highest BCUT2D eigenvalue weighted by molar-refractivity contribution is 5.75. The molecule has 0 saturated carbocycles. The molecule has 0 aliphatic carbocycles. The normalized spacial score (nSPS) is 15.3. The van der Waals surface area contributed by atoms with Crippen molar-refractivity contribution >= 4 is 11.0 Å². The molecule has 27 heavy (non-hydrogen) atoms. The number of hydrogen-bond donors (Lipinski definition) is 0. The van der Waals surface area contributed by atoms with Crippen molar-refractivity contribution in [2.24, 2.45) is 0 Å². The lowest BCUT2D eigenvalue weighted by Gasteiger charge is -2.26. The molecule has 4 heteroatoms. The Hall–Kier alpha value is -2.33. The minimum absolute atomic E-state index is 0.656. The fourth-order valence-corrected chi connectivity index (χ4v) is 3.98. The highest BCUT2D eigenvalue weighted by Gasteiger charge is 2.13. The molecule has 3 aromatic rings. The van der Waals surface area contributed by atoms with Crippen molar-refractivity contribution in [2.45, 2.75) is 38.6 Å². The summed E-state index contributed by atoms with van der Waals surface area (Å²) in [7, 11) is 0. The number of likely N-dealkylation sites (tertiary alicyclic amines) is 1. The molecule has 1 fully saturated rings. The second-order valence-corrected chi connectivity index (χ2v) is 7.34. The molecular weight excluding hydrogens is 334 g/mol. The molecular formula is C23H29N3O. The van der Waals surface area contributed by atoms with Crippen molar-refractivity contribution in [1.29, 1.82) is 0 Å². The van der Waals surface area contributed by atoms with Crippen molar-refractivity contribution < 1.29 is 4.74 Å². The quantitative estimate of drug-likeness (QED) is 0.589. The number of fused-ring (bicyclic) bond motifs is 1. The zero-order chi connectivity index (χ0) is 18.3. The van der Waals surface area contributed by atoms with Crippen LogP contribution in [0.25, 0.3) is 11.0 Å². The van der Waals surface area contributed by atoms with E-state index in [1.54, 1.807) is 0 Å². The van der Waals surface area contributed by atoms with Crippen molar-refractivity contribution in [2.75, 3.05) is 26.2 Å². The third-order valence-corrected chi connectivity index (χ3v) is 5.38. The Morgan fingerprint density at radius 2 is 1.63 bits per heavy atom. The first-order chi connectivity index (χ1) is 13.4. The van der Waals surface area contributed by atoms with Gasteiger partial charge < -0.3 is 14.2 Å². The van der Waals surface area contributed by atoms with Crippen molar-refractivity contribution in [3.63, 3.8) is 0 Å². The first-order valence-electron chi connectivity index (χ1n) is 10.2. The van der Waals surface area contributed by atoms with Crippen LogP contribution in [0.1, 0.15) is 31.5 Å². The lowest BCUT2D eigenvalue weighted by molar-refractivity contribution is 0.225. The predicted molar refractivity (Wildman–Crippen MR) is 110 cm³/mol. The maximum absolute atomic E-state index is 5.93. The van der Waals surface area contributed by atoms with E-state index in [1.807, 2.05) is 30.3 Å². The summed E-state index contributed by atoms with van der Waals surface area (Å²) in [6, 6.07) is 18.5. The standard InChI is InChI=1S/C23H29N3O/c1-3-10-20(11-4-1)27-19-18-26-22-13-6-5-12-21(22)24-23(26)14-9-17-25-15-7-2-8-16-25/h1,3-6,10-13H,2,7-9,14-19H2. The number of para-hydroxylation sites is 3. The van der Waals surface area contributed by atoms with E-state index in [9.17, 15) is 0 Å². The van der Waals surface area contributed by atoms with Gasteiger partial charge in [0.25, 0.3) is 0 Å². The van der Waals surface area contributed by atoms with Crippen molar-refractivity contribution in [3.8, 4) is 5.75 Å². The number of rotatable bonds is 8. The SMILES string of the molecule is c1ccc(OCCn2c(CCCN3CCCCC3)nc3ccccc32)cc1. The van der Waals surface area contributed by atoms with Gasteiger partial charge in [0.1, 0.15) is 18.2 Å². The zero-order valence-corrected chi connectivity index (χ0v) is 16.0. The predicted octanol–water partition coefficient (Wildman–Crippen LogP) is 4.53. The van der Waals surface area contributed by atoms with Gasteiger partial charge in [-0.25, -0.2) is 4.98 Å². The van der Waals surface area contributed by atoms with Gasteiger partial charge in [-0.15, -0.1) is 0 Å². The van der Waals surface area contributed by atoms with Gasteiger partial charge >= 0.3 is 0 Å². The minimum atomic E-state index is 0.656. The number of hydrogen-bond acceptors (Lipinski definition) is 3. The van der Waals surface area contributed by atoms with E-state index in [4.69, 9.17) is 9.72 Å². The maximum Gasteiger partial charge on any atom is 0.119 e. The summed E-state index contributed by atoms with van der Waals surface area (Å²) in [5, 5.41) is 0. The van der Waals surface area contributed by atoms with Gasteiger partial charge in [0.15, 0.2) is 0 Å². The van der Waals surface area contributed by atoms with Gasteiger partial charge in [-0.2, -0.15) is 0 Å². The summed E-state index contributed by atoms with van der Waals surface area (Å²) in [6.45, 7) is 5.20. The first-order valence-corrected chi connectivity index (χ1v) is 10.2. The fourth-order valence-electron chi connectivity index (χ4n) is 3.98. The topological polar surface area (TPSA) is 30.3 Å². The number of ether oxygens (including phenoxy) is 1. The molecule has 0 unspecified atom stereocenters. The average Bonchev–Trinajstić information content (AvgIpc) is 3.07. The summed E-state index contributed by atoms with van der Waals surface area (Å²) in [6.07, 6.45) is 6.30. The van der Waals surface area contributed by atoms with Crippen LogP contribution in [0.15, 0.2) is 54.6 Å². The highest BCUT2D eigenvalue weighted by atomic mass is 16.5. The molecule has 1 aliphatic heterocycles. The van der Waals surface area contributed by atoms with Crippen LogP contribution in [0.4, 0.5) is 0 Å². The second kappa shape index (κ2) is 9.05. The molecule has 0 N–H and O–H groups in total. The lowest BCUT2D eigenvalue weighted by Crippen LogP contribution is -2.30. The molecule has 4 rings (SSSR count).